The lowest BCUT2D eigenvalue weighted by molar-refractivity contribution is 0.112. The fraction of sp³-hybridized carbons (Fsp3) is 0.500. The lowest BCUT2D eigenvalue weighted by atomic mass is 10.1. The summed E-state index contributed by atoms with van der Waals surface area (Å²) >= 11 is 0. The molecular weight excluding hydrogens is 354 g/mol. The summed E-state index contributed by atoms with van der Waals surface area (Å²) in [5.41, 5.74) is 3.71. The Morgan fingerprint density at radius 2 is 2.07 bits per heavy atom. The third-order valence-corrected chi connectivity index (χ3v) is 4.87. The summed E-state index contributed by atoms with van der Waals surface area (Å²) in [6.07, 6.45) is 5.87. The minimum atomic E-state index is -0.652. The molecule has 3 aromatic rings. The number of aromatic nitrogens is 5. The third-order valence-electron chi connectivity index (χ3n) is 4.87. The Kier molecular flexibility index (Phi) is 4.76. The number of nitrogens with one attached hydrogen (secondary N) is 2. The lowest BCUT2D eigenvalue weighted by Gasteiger charge is -2.29. The average Bonchev–Trinajstić information content (AvgIpc) is 3.27. The van der Waals surface area contributed by atoms with Crippen LogP contribution in [0.3, 0.4) is 0 Å². The van der Waals surface area contributed by atoms with Crippen LogP contribution in [0, 0.1) is 0 Å². The topological polar surface area (TPSA) is 103 Å². The van der Waals surface area contributed by atoms with E-state index in [1.165, 1.54) is 5.56 Å². The van der Waals surface area contributed by atoms with E-state index in [1.807, 2.05) is 38.8 Å². The second kappa shape index (κ2) is 7.10. The highest BCUT2D eigenvalue weighted by Gasteiger charge is 2.24. The Hall–Kier alpha value is -2.58. The molecule has 0 fully saturated rings. The van der Waals surface area contributed by atoms with Crippen LogP contribution in [0.4, 0.5) is 5.82 Å². The summed E-state index contributed by atoms with van der Waals surface area (Å²) < 4.78 is 0. The quantitative estimate of drug-likeness (QED) is 0.581. The van der Waals surface area contributed by atoms with Crippen LogP contribution in [-0.4, -0.2) is 55.6 Å². The number of nitrogens with zero attached hydrogens (tertiary/aromatic N) is 5. The van der Waals surface area contributed by atoms with Crippen molar-refractivity contribution in [3.63, 3.8) is 0 Å². The molecule has 0 bridgehead atoms. The largest absolute Gasteiger partial charge is 0.377 e. The fourth-order valence-corrected chi connectivity index (χ4v) is 3.70. The van der Waals surface area contributed by atoms with Crippen molar-refractivity contribution >= 4 is 16.7 Å². The van der Waals surface area contributed by atoms with Gasteiger partial charge in [-0.3, -0.25) is 15.4 Å². The molecule has 8 nitrogen and oxygen atoms in total. The standard InChI is InChI=1S/C20H27N7O/c1-20(2,3)25-17(28)11-27(4)19-13-6-5-7-14(13)23-18(24-19)15-8-12-9-22-26-16(12)10-21-15/h8-10,17,25,28H,5-7,11H2,1-4H3,(H,22,26). The number of likely N-dealkylation sites (N-methyl/N-ethyl adjacent to an activating group) is 1. The van der Waals surface area contributed by atoms with E-state index in [1.54, 1.807) is 12.4 Å². The number of hydrogen-bond donors (Lipinski definition) is 3. The molecule has 0 saturated carbocycles. The van der Waals surface area contributed by atoms with Crippen molar-refractivity contribution in [3.8, 4) is 11.5 Å². The van der Waals surface area contributed by atoms with Crippen molar-refractivity contribution in [2.45, 2.75) is 51.8 Å². The van der Waals surface area contributed by atoms with Crippen LogP contribution < -0.4 is 10.2 Å². The van der Waals surface area contributed by atoms with E-state index in [9.17, 15) is 5.11 Å². The van der Waals surface area contributed by atoms with Crippen LogP contribution in [0.1, 0.15) is 38.4 Å². The predicted octanol–water partition coefficient (Wildman–Crippen LogP) is 2.05. The molecule has 0 radical (unpaired) electrons. The van der Waals surface area contributed by atoms with E-state index in [0.29, 0.717) is 12.4 Å². The summed E-state index contributed by atoms with van der Waals surface area (Å²) in [6.45, 7) is 6.55. The van der Waals surface area contributed by atoms with E-state index in [2.05, 4.69) is 20.5 Å². The van der Waals surface area contributed by atoms with E-state index < -0.39 is 6.23 Å². The number of fused-ring (bicyclic) bond motifs is 2. The van der Waals surface area contributed by atoms with Gasteiger partial charge >= 0.3 is 0 Å². The molecule has 3 heterocycles. The maximum Gasteiger partial charge on any atom is 0.180 e. The molecule has 1 aliphatic carbocycles. The molecule has 3 N–H and O–H groups in total. The average molecular weight is 381 g/mol. The summed E-state index contributed by atoms with van der Waals surface area (Å²) in [4.78, 5) is 16.1. The Morgan fingerprint density at radius 3 is 2.86 bits per heavy atom. The summed E-state index contributed by atoms with van der Waals surface area (Å²) in [5, 5.41) is 21.6. The second-order valence-electron chi connectivity index (χ2n) is 8.47. The van der Waals surface area contributed by atoms with E-state index in [0.717, 1.165) is 47.4 Å². The zero-order valence-corrected chi connectivity index (χ0v) is 16.8. The van der Waals surface area contributed by atoms with Gasteiger partial charge in [0.2, 0.25) is 0 Å². The number of H-pyrrole nitrogens is 1. The van der Waals surface area contributed by atoms with Crippen LogP contribution >= 0.6 is 0 Å². The number of aliphatic hydroxyl groups excluding tert-OH is 1. The molecule has 0 saturated heterocycles. The third kappa shape index (κ3) is 3.83. The molecule has 1 unspecified atom stereocenters. The highest BCUT2D eigenvalue weighted by molar-refractivity contribution is 5.80. The Labute approximate surface area is 164 Å². The van der Waals surface area contributed by atoms with Gasteiger partial charge in [-0.1, -0.05) is 0 Å². The normalized spacial score (nSPS) is 15.0. The molecular formula is C20H27N7O. The molecule has 0 aromatic carbocycles. The van der Waals surface area contributed by atoms with E-state index >= 15 is 0 Å². The molecule has 4 rings (SSSR count). The van der Waals surface area contributed by atoms with Gasteiger partial charge in [-0.25, -0.2) is 9.97 Å². The van der Waals surface area contributed by atoms with Crippen molar-refractivity contribution < 1.29 is 5.11 Å². The van der Waals surface area contributed by atoms with Crippen molar-refractivity contribution in [1.29, 1.82) is 0 Å². The van der Waals surface area contributed by atoms with Crippen molar-refractivity contribution in [2.24, 2.45) is 0 Å². The highest BCUT2D eigenvalue weighted by atomic mass is 16.3. The molecule has 8 heteroatoms. The first kappa shape index (κ1) is 18.8. The van der Waals surface area contributed by atoms with Crippen LogP contribution in [-0.2, 0) is 12.8 Å². The molecule has 3 aromatic heterocycles. The fourth-order valence-electron chi connectivity index (χ4n) is 3.70. The summed E-state index contributed by atoms with van der Waals surface area (Å²) in [7, 11) is 1.96. The number of pyridine rings is 1. The van der Waals surface area contributed by atoms with Gasteiger partial charge in [0.25, 0.3) is 0 Å². The van der Waals surface area contributed by atoms with Gasteiger partial charge in [-0.15, -0.1) is 0 Å². The summed E-state index contributed by atoms with van der Waals surface area (Å²) in [5.74, 6) is 1.49. The Bertz CT molecular complexity index is 992. The van der Waals surface area contributed by atoms with Crippen molar-refractivity contribution in [2.75, 3.05) is 18.5 Å². The Morgan fingerprint density at radius 1 is 1.25 bits per heavy atom. The zero-order chi connectivity index (χ0) is 19.9. The van der Waals surface area contributed by atoms with Crippen LogP contribution in [0.25, 0.3) is 22.4 Å². The number of aliphatic hydroxyl groups is 1. The van der Waals surface area contributed by atoms with Crippen LogP contribution in [0.2, 0.25) is 0 Å². The number of rotatable bonds is 5. The first-order chi connectivity index (χ1) is 13.3. The molecule has 148 valence electrons. The minimum Gasteiger partial charge on any atom is -0.377 e. The first-order valence-electron chi connectivity index (χ1n) is 9.66. The SMILES string of the molecule is CN(CC(O)NC(C)(C)C)c1nc(-c2cc3cn[nH]c3cn2)nc2c1CCC2. The van der Waals surface area contributed by atoms with Gasteiger partial charge in [0, 0.05) is 29.2 Å². The minimum absolute atomic E-state index is 0.164. The van der Waals surface area contributed by atoms with Gasteiger partial charge in [0.1, 0.15) is 17.7 Å². The molecule has 0 spiro atoms. The maximum atomic E-state index is 10.4. The lowest BCUT2D eigenvalue weighted by Crippen LogP contribution is -2.48. The molecule has 1 atom stereocenters. The van der Waals surface area contributed by atoms with Gasteiger partial charge in [-0.2, -0.15) is 5.10 Å². The molecule has 1 aliphatic rings. The number of anilines is 1. The Balaban J connectivity index is 1.67. The number of hydrogen-bond acceptors (Lipinski definition) is 7. The van der Waals surface area contributed by atoms with Gasteiger partial charge in [-0.05, 0) is 46.1 Å². The van der Waals surface area contributed by atoms with Crippen LogP contribution in [0.5, 0.6) is 0 Å². The monoisotopic (exact) mass is 381 g/mol. The number of aromatic amines is 1. The van der Waals surface area contributed by atoms with E-state index in [4.69, 9.17) is 9.97 Å². The van der Waals surface area contributed by atoms with Crippen LogP contribution in [0.15, 0.2) is 18.5 Å². The summed E-state index contributed by atoms with van der Waals surface area (Å²) in [6, 6.07) is 1.95. The van der Waals surface area contributed by atoms with Gasteiger partial charge in [0.05, 0.1) is 24.5 Å². The van der Waals surface area contributed by atoms with Gasteiger partial charge < -0.3 is 10.0 Å². The smallest absolute Gasteiger partial charge is 0.180 e. The molecule has 28 heavy (non-hydrogen) atoms. The van der Waals surface area contributed by atoms with Gasteiger partial charge in [0.15, 0.2) is 5.82 Å². The first-order valence-corrected chi connectivity index (χ1v) is 9.66. The van der Waals surface area contributed by atoms with Crippen molar-refractivity contribution in [3.05, 3.63) is 29.7 Å². The van der Waals surface area contributed by atoms with Crippen molar-refractivity contribution in [1.82, 2.24) is 30.5 Å². The predicted molar refractivity (Wildman–Crippen MR) is 109 cm³/mol. The second-order valence-corrected chi connectivity index (χ2v) is 8.47. The zero-order valence-electron chi connectivity index (χ0n) is 16.8. The number of aryl methyl sites for hydroxylation is 1. The maximum absolute atomic E-state index is 10.4. The highest BCUT2D eigenvalue weighted by Crippen LogP contribution is 2.31. The van der Waals surface area contributed by atoms with E-state index in [-0.39, 0.29) is 5.54 Å². The molecule has 0 amide bonds. The molecule has 0 aliphatic heterocycles.